The van der Waals surface area contributed by atoms with E-state index in [1.54, 1.807) is 6.92 Å². The molecular formula is C17H25N5O. The van der Waals surface area contributed by atoms with Gasteiger partial charge in [-0.3, -0.25) is 0 Å². The van der Waals surface area contributed by atoms with Crippen LogP contribution in [0, 0.1) is 6.92 Å². The molecule has 1 aromatic carbocycles. The van der Waals surface area contributed by atoms with E-state index < -0.39 is 0 Å². The lowest BCUT2D eigenvalue weighted by molar-refractivity contribution is -0.0276. The van der Waals surface area contributed by atoms with Gasteiger partial charge in [-0.05, 0) is 46.6 Å². The van der Waals surface area contributed by atoms with Gasteiger partial charge in [-0.2, -0.15) is 0 Å². The van der Waals surface area contributed by atoms with Crippen LogP contribution in [0.4, 0.5) is 0 Å². The Labute approximate surface area is 137 Å². The zero-order valence-corrected chi connectivity index (χ0v) is 14.5. The van der Waals surface area contributed by atoms with Gasteiger partial charge in [-0.1, -0.05) is 24.3 Å². The zero-order chi connectivity index (χ0) is 17.1. The molecule has 0 amide bonds. The van der Waals surface area contributed by atoms with Crippen LogP contribution in [-0.2, 0) is 10.3 Å². The summed E-state index contributed by atoms with van der Waals surface area (Å²) >= 11 is 0. The lowest BCUT2D eigenvalue weighted by Gasteiger charge is -2.28. The minimum Gasteiger partial charge on any atom is -0.371 e. The lowest BCUT2D eigenvalue weighted by atomic mass is 9.96. The Balaban J connectivity index is 2.07. The van der Waals surface area contributed by atoms with Gasteiger partial charge in [-0.25, -0.2) is 0 Å². The maximum atomic E-state index is 6.02. The van der Waals surface area contributed by atoms with E-state index in [0.29, 0.717) is 18.3 Å². The van der Waals surface area contributed by atoms with Crippen molar-refractivity contribution in [2.75, 3.05) is 6.61 Å². The maximum Gasteiger partial charge on any atom is 0.203 e. The third kappa shape index (κ3) is 5.04. The van der Waals surface area contributed by atoms with Crippen molar-refractivity contribution >= 4 is 0 Å². The third-order valence-electron chi connectivity index (χ3n) is 3.63. The number of hydrogen-bond donors (Lipinski definition) is 1. The van der Waals surface area contributed by atoms with Crippen molar-refractivity contribution in [3.8, 4) is 11.4 Å². The summed E-state index contributed by atoms with van der Waals surface area (Å²) in [5, 5.41) is 16.0. The van der Waals surface area contributed by atoms with Gasteiger partial charge in [0.15, 0.2) is 5.82 Å². The smallest absolute Gasteiger partial charge is 0.203 e. The van der Waals surface area contributed by atoms with Crippen LogP contribution in [0.25, 0.3) is 11.4 Å². The first-order chi connectivity index (χ1) is 10.7. The third-order valence-corrected chi connectivity index (χ3v) is 3.63. The fraction of sp³-hybridized carbons (Fsp3) is 0.529. The lowest BCUT2D eigenvalue weighted by Crippen LogP contribution is -2.34. The number of nitrogens with zero attached hydrogens (tertiary/aromatic N) is 4. The zero-order valence-electron chi connectivity index (χ0n) is 14.5. The fourth-order valence-electron chi connectivity index (χ4n) is 2.07. The molecule has 124 valence electrons. The van der Waals surface area contributed by atoms with Crippen molar-refractivity contribution in [3.63, 3.8) is 0 Å². The Bertz CT molecular complexity index is 630. The van der Waals surface area contributed by atoms with Crippen LogP contribution in [0.2, 0.25) is 0 Å². The molecule has 23 heavy (non-hydrogen) atoms. The molecule has 0 fully saturated rings. The molecule has 0 saturated heterocycles. The topological polar surface area (TPSA) is 86.8 Å². The normalized spacial score (nSPS) is 12.4. The summed E-state index contributed by atoms with van der Waals surface area (Å²) in [5.41, 5.74) is 7.36. The molecule has 2 aromatic rings. The predicted octanol–water partition coefficient (Wildman–Crippen LogP) is 2.62. The van der Waals surface area contributed by atoms with E-state index in [0.717, 1.165) is 17.5 Å². The molecule has 0 aliphatic heterocycles. The molecule has 0 aliphatic carbocycles. The molecule has 0 spiro atoms. The summed E-state index contributed by atoms with van der Waals surface area (Å²) < 4.78 is 6.02. The highest BCUT2D eigenvalue weighted by atomic mass is 16.5. The summed E-state index contributed by atoms with van der Waals surface area (Å²) in [6.07, 6.45) is 0.809. The molecule has 0 bridgehead atoms. The number of aryl methyl sites for hydroxylation is 1. The number of hydrogen-bond acceptors (Lipinski definition) is 6. The molecule has 6 nitrogen and oxygen atoms in total. The van der Waals surface area contributed by atoms with E-state index in [4.69, 9.17) is 10.5 Å². The highest BCUT2D eigenvalue weighted by Gasteiger charge is 2.22. The van der Waals surface area contributed by atoms with Crippen LogP contribution in [0.5, 0.6) is 0 Å². The Morgan fingerprint density at radius 2 is 1.52 bits per heavy atom. The van der Waals surface area contributed by atoms with Gasteiger partial charge in [0.2, 0.25) is 5.82 Å². The summed E-state index contributed by atoms with van der Waals surface area (Å²) in [5.74, 6) is 1.08. The number of aromatic nitrogens is 4. The largest absolute Gasteiger partial charge is 0.371 e. The number of ether oxygens (including phenoxy) is 1. The Morgan fingerprint density at radius 1 is 0.957 bits per heavy atom. The summed E-state index contributed by atoms with van der Waals surface area (Å²) in [4.78, 5) is 0. The molecule has 0 atom stereocenters. The van der Waals surface area contributed by atoms with Crippen molar-refractivity contribution in [1.29, 1.82) is 0 Å². The quantitative estimate of drug-likeness (QED) is 0.881. The molecule has 0 saturated carbocycles. The average molecular weight is 315 g/mol. The SMILES string of the molecule is Cc1nnc(-c2ccc(C(C)(C)OCCC(C)(C)N)cc2)nn1. The molecule has 0 unspecified atom stereocenters. The average Bonchev–Trinajstić information content (AvgIpc) is 2.46. The van der Waals surface area contributed by atoms with Crippen molar-refractivity contribution in [3.05, 3.63) is 35.7 Å². The van der Waals surface area contributed by atoms with E-state index in [1.165, 1.54) is 0 Å². The number of nitrogens with two attached hydrogens (primary N) is 1. The van der Waals surface area contributed by atoms with Crippen LogP contribution < -0.4 is 5.73 Å². The van der Waals surface area contributed by atoms with Gasteiger partial charge in [0.25, 0.3) is 0 Å². The van der Waals surface area contributed by atoms with Gasteiger partial charge in [0, 0.05) is 17.7 Å². The first-order valence-electron chi connectivity index (χ1n) is 7.75. The highest BCUT2D eigenvalue weighted by Crippen LogP contribution is 2.27. The maximum absolute atomic E-state index is 6.02. The van der Waals surface area contributed by atoms with Crippen LogP contribution in [0.3, 0.4) is 0 Å². The van der Waals surface area contributed by atoms with Gasteiger partial charge < -0.3 is 10.5 Å². The Kier molecular flexibility index (Phi) is 5.06. The van der Waals surface area contributed by atoms with Gasteiger partial charge >= 0.3 is 0 Å². The van der Waals surface area contributed by atoms with Crippen LogP contribution >= 0.6 is 0 Å². The van der Waals surface area contributed by atoms with Gasteiger partial charge in [-0.15, -0.1) is 20.4 Å². The van der Waals surface area contributed by atoms with E-state index >= 15 is 0 Å². The van der Waals surface area contributed by atoms with Crippen LogP contribution in [0.15, 0.2) is 24.3 Å². The summed E-state index contributed by atoms with van der Waals surface area (Å²) in [6, 6.07) is 7.96. The second-order valence-corrected chi connectivity index (χ2v) is 6.95. The second-order valence-electron chi connectivity index (χ2n) is 6.95. The molecular weight excluding hydrogens is 290 g/mol. The standard InChI is InChI=1S/C17H25N5O/c1-12-19-21-15(22-20-12)13-6-8-14(9-7-13)17(4,5)23-11-10-16(2,3)18/h6-9H,10-11,18H2,1-5H3. The minimum atomic E-state index is -0.381. The van der Waals surface area contributed by atoms with Crippen molar-refractivity contribution in [2.24, 2.45) is 5.73 Å². The second kappa shape index (κ2) is 6.68. The predicted molar refractivity (Wildman–Crippen MR) is 89.7 cm³/mol. The molecule has 0 radical (unpaired) electrons. The highest BCUT2D eigenvalue weighted by molar-refractivity contribution is 5.54. The van der Waals surface area contributed by atoms with Crippen LogP contribution in [-0.4, -0.2) is 32.5 Å². The van der Waals surface area contributed by atoms with Crippen molar-refractivity contribution < 1.29 is 4.74 Å². The Morgan fingerprint density at radius 3 is 2.04 bits per heavy atom. The van der Waals surface area contributed by atoms with Crippen molar-refractivity contribution in [2.45, 2.75) is 52.2 Å². The molecule has 2 N–H and O–H groups in total. The van der Waals surface area contributed by atoms with Crippen molar-refractivity contribution in [1.82, 2.24) is 20.4 Å². The molecule has 1 heterocycles. The Hall–Kier alpha value is -1.92. The molecule has 0 aliphatic rings. The van der Waals surface area contributed by atoms with Gasteiger partial charge in [0.1, 0.15) is 0 Å². The summed E-state index contributed by atoms with van der Waals surface area (Å²) in [7, 11) is 0. The minimum absolute atomic E-state index is 0.220. The fourth-order valence-corrected chi connectivity index (χ4v) is 2.07. The number of benzene rings is 1. The first-order valence-corrected chi connectivity index (χ1v) is 7.75. The van der Waals surface area contributed by atoms with E-state index in [1.807, 2.05) is 38.1 Å². The molecule has 1 aromatic heterocycles. The molecule has 6 heteroatoms. The van der Waals surface area contributed by atoms with E-state index in [-0.39, 0.29) is 11.1 Å². The van der Waals surface area contributed by atoms with E-state index in [2.05, 4.69) is 34.2 Å². The molecule has 2 rings (SSSR count). The van der Waals surface area contributed by atoms with E-state index in [9.17, 15) is 0 Å². The monoisotopic (exact) mass is 315 g/mol. The first kappa shape index (κ1) is 17.4. The number of rotatable bonds is 6. The van der Waals surface area contributed by atoms with Gasteiger partial charge in [0.05, 0.1) is 5.60 Å². The summed E-state index contributed by atoms with van der Waals surface area (Å²) in [6.45, 7) is 10.5. The van der Waals surface area contributed by atoms with Crippen LogP contribution in [0.1, 0.15) is 45.5 Å².